The van der Waals surface area contributed by atoms with E-state index < -0.39 is 5.97 Å². The van der Waals surface area contributed by atoms with Crippen LogP contribution in [-0.2, 0) is 9.59 Å². The van der Waals surface area contributed by atoms with Gasteiger partial charge in [-0.15, -0.1) is 23.2 Å². The lowest BCUT2D eigenvalue weighted by molar-refractivity contribution is -0.139. The highest BCUT2D eigenvalue weighted by molar-refractivity contribution is 6.40. The number of ketones is 1. The second kappa shape index (κ2) is 8.72. The van der Waals surface area contributed by atoms with Crippen molar-refractivity contribution in [3.05, 3.63) is 0 Å². The number of rotatable bonds is 2. The fraction of sp³-hybridized carbons (Fsp3) is 0.600. The van der Waals surface area contributed by atoms with Gasteiger partial charge in [0, 0.05) is 0 Å². The van der Waals surface area contributed by atoms with Crippen LogP contribution in [0.3, 0.4) is 0 Å². The summed E-state index contributed by atoms with van der Waals surface area (Å²) in [5.74, 6) is -1.37. The predicted octanol–water partition coefficient (Wildman–Crippen LogP) is 1.47. The largest absolute Gasteiger partial charge is 0.481 e. The lowest BCUT2D eigenvalue weighted by atomic mass is 10.3. The second-order valence-corrected chi connectivity index (χ2v) is 2.18. The Morgan fingerprint density at radius 1 is 1.40 bits per heavy atom. The maximum absolute atomic E-state index is 9.87. The molecule has 0 fully saturated rings. The summed E-state index contributed by atoms with van der Waals surface area (Å²) in [4.78, 5) is 19.5. The van der Waals surface area contributed by atoms with Crippen molar-refractivity contribution in [1.29, 1.82) is 0 Å². The molecule has 5 heteroatoms. The SMILES string of the molecule is CC(=O)CC(=O)O.ClCCl. The van der Waals surface area contributed by atoms with Crippen molar-refractivity contribution >= 4 is 35.0 Å². The quantitative estimate of drug-likeness (QED) is 0.526. The molecule has 0 spiro atoms. The Bertz CT molecular complexity index is 101. The highest BCUT2D eigenvalue weighted by atomic mass is 35.5. The van der Waals surface area contributed by atoms with Gasteiger partial charge in [0.1, 0.15) is 12.2 Å². The first-order valence-electron chi connectivity index (χ1n) is 2.37. The van der Waals surface area contributed by atoms with Gasteiger partial charge >= 0.3 is 5.97 Å². The minimum atomic E-state index is -1.06. The van der Waals surface area contributed by atoms with Crippen molar-refractivity contribution in [2.75, 3.05) is 5.34 Å². The van der Waals surface area contributed by atoms with Gasteiger partial charge in [0.05, 0.1) is 5.34 Å². The molecule has 0 bridgehead atoms. The van der Waals surface area contributed by atoms with Gasteiger partial charge < -0.3 is 5.11 Å². The van der Waals surface area contributed by atoms with Gasteiger partial charge in [0.2, 0.25) is 0 Å². The third-order valence-corrected chi connectivity index (χ3v) is 0.400. The van der Waals surface area contributed by atoms with Crippen LogP contribution in [0, 0.1) is 0 Å². The molecular formula is C5H8Cl2O3. The number of hydrogen-bond acceptors (Lipinski definition) is 2. The third-order valence-electron chi connectivity index (χ3n) is 0.400. The Balaban J connectivity index is 0. The summed E-state index contributed by atoms with van der Waals surface area (Å²) in [5, 5.41) is 8.06. The number of alkyl halides is 2. The summed E-state index contributed by atoms with van der Waals surface area (Å²) < 4.78 is 0. The molecule has 0 aliphatic carbocycles. The van der Waals surface area contributed by atoms with E-state index in [1.54, 1.807) is 0 Å². The molecule has 0 radical (unpaired) electrons. The topological polar surface area (TPSA) is 54.4 Å². The number of carboxylic acids is 1. The molecule has 60 valence electrons. The first-order chi connectivity index (χ1) is 4.54. The molecule has 10 heavy (non-hydrogen) atoms. The van der Waals surface area contributed by atoms with Gasteiger partial charge in [0.25, 0.3) is 0 Å². The highest BCUT2D eigenvalue weighted by Crippen LogP contribution is 1.77. The fourth-order valence-electron chi connectivity index (χ4n) is 0.213. The summed E-state index contributed by atoms with van der Waals surface area (Å²) in [7, 11) is 0. The standard InChI is InChI=1S/C4H6O3.CH2Cl2/c1-3(5)2-4(6)7;2-1-3/h2H2,1H3,(H,6,7);1H2. The molecule has 0 aliphatic rings. The molecule has 0 unspecified atom stereocenters. The molecule has 0 saturated carbocycles. The number of Topliss-reactive ketones (excluding diaryl/α,β-unsaturated/α-hetero) is 1. The molecule has 0 amide bonds. The average Bonchev–Trinajstić information content (AvgIpc) is 1.62. The van der Waals surface area contributed by atoms with Gasteiger partial charge in [-0.1, -0.05) is 0 Å². The average molecular weight is 187 g/mol. The van der Waals surface area contributed by atoms with E-state index in [-0.39, 0.29) is 17.5 Å². The van der Waals surface area contributed by atoms with Crippen LogP contribution in [0.1, 0.15) is 13.3 Å². The number of aliphatic carboxylic acids is 1. The van der Waals surface area contributed by atoms with Gasteiger partial charge in [-0.3, -0.25) is 9.59 Å². The minimum absolute atomic E-state index is 0.194. The van der Waals surface area contributed by atoms with Gasteiger partial charge in [-0.25, -0.2) is 0 Å². The van der Waals surface area contributed by atoms with Crippen molar-refractivity contribution in [3.63, 3.8) is 0 Å². The summed E-state index contributed by atoms with van der Waals surface area (Å²) in [5.41, 5.74) is 0. The molecule has 0 aliphatic heterocycles. The maximum atomic E-state index is 9.87. The molecule has 3 nitrogen and oxygen atoms in total. The van der Waals surface area contributed by atoms with Crippen LogP contribution in [-0.4, -0.2) is 22.2 Å². The predicted molar refractivity (Wildman–Crippen MR) is 39.5 cm³/mol. The molecule has 0 aromatic rings. The summed E-state index contributed by atoms with van der Waals surface area (Å²) in [6.45, 7) is 1.24. The first kappa shape index (κ1) is 12.4. The van der Waals surface area contributed by atoms with Crippen LogP contribution in [0.25, 0.3) is 0 Å². The van der Waals surface area contributed by atoms with Crippen LogP contribution in [0.2, 0.25) is 0 Å². The summed E-state index contributed by atoms with van der Waals surface area (Å²) in [6.07, 6.45) is -0.361. The van der Waals surface area contributed by atoms with Crippen LogP contribution < -0.4 is 0 Å². The molecule has 1 N–H and O–H groups in total. The monoisotopic (exact) mass is 186 g/mol. The second-order valence-electron chi connectivity index (χ2n) is 1.37. The van der Waals surface area contributed by atoms with E-state index in [4.69, 9.17) is 28.3 Å². The fourth-order valence-corrected chi connectivity index (χ4v) is 0.213. The molecular weight excluding hydrogens is 179 g/mol. The lowest BCUT2D eigenvalue weighted by Crippen LogP contribution is -2.00. The minimum Gasteiger partial charge on any atom is -0.481 e. The van der Waals surface area contributed by atoms with Crippen molar-refractivity contribution in [2.24, 2.45) is 0 Å². The van der Waals surface area contributed by atoms with Gasteiger partial charge in [-0.05, 0) is 6.92 Å². The van der Waals surface area contributed by atoms with Gasteiger partial charge in [0.15, 0.2) is 0 Å². The zero-order chi connectivity index (χ0) is 8.57. The number of carboxylic acid groups (broad SMARTS) is 1. The van der Waals surface area contributed by atoms with Crippen LogP contribution in [0.5, 0.6) is 0 Å². The summed E-state index contributed by atoms with van der Waals surface area (Å²) in [6, 6.07) is 0. The van der Waals surface area contributed by atoms with E-state index in [1.807, 2.05) is 0 Å². The van der Waals surface area contributed by atoms with E-state index >= 15 is 0 Å². The Labute approximate surface area is 68.9 Å². The Hall–Kier alpha value is -0.280. The highest BCUT2D eigenvalue weighted by Gasteiger charge is 1.98. The molecule has 0 rings (SSSR count). The summed E-state index contributed by atoms with van der Waals surface area (Å²) >= 11 is 9.53. The van der Waals surface area contributed by atoms with E-state index in [9.17, 15) is 9.59 Å². The van der Waals surface area contributed by atoms with Crippen molar-refractivity contribution in [3.8, 4) is 0 Å². The first-order valence-corrected chi connectivity index (χ1v) is 3.44. The van der Waals surface area contributed by atoms with Crippen LogP contribution >= 0.6 is 23.2 Å². The number of carbonyl (C=O) groups excluding carboxylic acids is 1. The molecule has 0 aromatic carbocycles. The number of carbonyl (C=O) groups is 2. The third kappa shape index (κ3) is 25.2. The van der Waals surface area contributed by atoms with E-state index in [2.05, 4.69) is 0 Å². The molecule has 0 atom stereocenters. The zero-order valence-electron chi connectivity index (χ0n) is 5.43. The smallest absolute Gasteiger partial charge is 0.310 e. The molecule has 0 heterocycles. The van der Waals surface area contributed by atoms with Crippen molar-refractivity contribution < 1.29 is 14.7 Å². The number of hydrogen-bond donors (Lipinski definition) is 1. The number of halogens is 2. The normalized spacial score (nSPS) is 7.50. The van der Waals surface area contributed by atoms with E-state index in [1.165, 1.54) is 6.92 Å². The van der Waals surface area contributed by atoms with Gasteiger partial charge in [-0.2, -0.15) is 0 Å². The Morgan fingerprint density at radius 2 is 1.70 bits per heavy atom. The Kier molecular flexibility index (Phi) is 10.8. The van der Waals surface area contributed by atoms with E-state index in [0.29, 0.717) is 0 Å². The molecule has 0 saturated heterocycles. The van der Waals surface area contributed by atoms with Crippen molar-refractivity contribution in [2.45, 2.75) is 13.3 Å². The molecule has 0 aromatic heterocycles. The maximum Gasteiger partial charge on any atom is 0.310 e. The van der Waals surface area contributed by atoms with Crippen molar-refractivity contribution in [1.82, 2.24) is 0 Å². The Morgan fingerprint density at radius 3 is 1.70 bits per heavy atom. The lowest BCUT2D eigenvalue weighted by Gasteiger charge is -1.80. The zero-order valence-corrected chi connectivity index (χ0v) is 6.95. The van der Waals surface area contributed by atoms with Crippen LogP contribution in [0.4, 0.5) is 0 Å². The van der Waals surface area contributed by atoms with E-state index in [0.717, 1.165) is 0 Å². The van der Waals surface area contributed by atoms with Crippen LogP contribution in [0.15, 0.2) is 0 Å².